The highest BCUT2D eigenvalue weighted by Gasteiger charge is 2.50. The van der Waals surface area contributed by atoms with Crippen LogP contribution in [-0.2, 0) is 0 Å². The lowest BCUT2D eigenvalue weighted by Crippen LogP contribution is -2.24. The van der Waals surface area contributed by atoms with Crippen molar-refractivity contribution in [1.82, 2.24) is 5.32 Å². The van der Waals surface area contributed by atoms with Gasteiger partial charge in [0.25, 0.3) is 0 Å². The van der Waals surface area contributed by atoms with Crippen molar-refractivity contribution in [3.05, 3.63) is 34.9 Å². The molecule has 0 spiro atoms. The fourth-order valence-corrected chi connectivity index (χ4v) is 2.75. The number of nitrogens with one attached hydrogen (secondary N) is 1. The molecule has 1 fully saturated rings. The molecule has 0 radical (unpaired) electrons. The van der Waals surface area contributed by atoms with E-state index in [2.05, 4.69) is 38.2 Å². The molecule has 0 amide bonds. The van der Waals surface area contributed by atoms with Crippen molar-refractivity contribution in [2.24, 2.45) is 11.3 Å². The van der Waals surface area contributed by atoms with Gasteiger partial charge in [-0.1, -0.05) is 50.6 Å². The lowest BCUT2D eigenvalue weighted by molar-refractivity contribution is 0.423. The Hall–Kier alpha value is -0.530. The Kier molecular flexibility index (Phi) is 3.27. The summed E-state index contributed by atoms with van der Waals surface area (Å²) in [7, 11) is 0. The molecule has 0 aliphatic heterocycles. The van der Waals surface area contributed by atoms with Crippen LogP contribution in [0.5, 0.6) is 0 Å². The first kappa shape index (κ1) is 11.9. The van der Waals surface area contributed by atoms with E-state index in [-0.39, 0.29) is 0 Å². The molecule has 1 saturated carbocycles. The van der Waals surface area contributed by atoms with E-state index in [9.17, 15) is 0 Å². The van der Waals surface area contributed by atoms with Crippen molar-refractivity contribution in [3.63, 3.8) is 0 Å². The molecule has 1 aromatic rings. The van der Waals surface area contributed by atoms with Crippen molar-refractivity contribution in [2.45, 2.75) is 33.2 Å². The fourth-order valence-electron chi connectivity index (χ4n) is 2.49. The molecule has 1 aliphatic rings. The maximum Gasteiger partial charge on any atom is 0.0453 e. The average molecular weight is 238 g/mol. The monoisotopic (exact) mass is 237 g/mol. The summed E-state index contributed by atoms with van der Waals surface area (Å²) >= 11 is 6.28. The van der Waals surface area contributed by atoms with Crippen LogP contribution in [0.4, 0.5) is 0 Å². The number of halogens is 1. The largest absolute Gasteiger partial charge is 0.310 e. The highest BCUT2D eigenvalue weighted by atomic mass is 35.5. The minimum atomic E-state index is 0.411. The molecule has 1 aromatic carbocycles. The second-order valence-corrected chi connectivity index (χ2v) is 5.76. The van der Waals surface area contributed by atoms with Crippen LogP contribution >= 0.6 is 11.6 Å². The molecular formula is C14H20ClN. The van der Waals surface area contributed by atoms with Crippen LogP contribution in [0.2, 0.25) is 5.02 Å². The number of hydrogen-bond acceptors (Lipinski definition) is 1. The minimum Gasteiger partial charge on any atom is -0.310 e. The zero-order valence-electron chi connectivity index (χ0n) is 10.3. The van der Waals surface area contributed by atoms with Gasteiger partial charge in [0.05, 0.1) is 0 Å². The van der Waals surface area contributed by atoms with Crippen LogP contribution in [0.3, 0.4) is 0 Å². The van der Waals surface area contributed by atoms with Crippen LogP contribution < -0.4 is 5.32 Å². The Morgan fingerprint density at radius 3 is 2.56 bits per heavy atom. The van der Waals surface area contributed by atoms with Gasteiger partial charge in [-0.15, -0.1) is 0 Å². The van der Waals surface area contributed by atoms with Crippen molar-refractivity contribution in [3.8, 4) is 0 Å². The van der Waals surface area contributed by atoms with E-state index in [0.717, 1.165) is 11.6 Å². The molecule has 2 rings (SSSR count). The van der Waals surface area contributed by atoms with E-state index in [4.69, 9.17) is 11.6 Å². The molecule has 0 heterocycles. The average Bonchev–Trinajstić information content (AvgIpc) is 2.85. The van der Waals surface area contributed by atoms with Crippen LogP contribution in [0, 0.1) is 11.3 Å². The van der Waals surface area contributed by atoms with E-state index in [1.807, 2.05) is 12.1 Å². The van der Waals surface area contributed by atoms with Gasteiger partial charge in [0.1, 0.15) is 0 Å². The SMILES string of the molecule is CCNC(c1ccccc1Cl)C1CC1(C)C. The molecule has 1 N–H and O–H groups in total. The van der Waals surface area contributed by atoms with Crippen molar-refractivity contribution < 1.29 is 0 Å². The number of benzene rings is 1. The summed E-state index contributed by atoms with van der Waals surface area (Å²) in [4.78, 5) is 0. The lowest BCUT2D eigenvalue weighted by atomic mass is 9.97. The van der Waals surface area contributed by atoms with E-state index in [1.54, 1.807) is 0 Å². The molecule has 1 nitrogen and oxygen atoms in total. The summed E-state index contributed by atoms with van der Waals surface area (Å²) in [6.07, 6.45) is 1.29. The second-order valence-electron chi connectivity index (χ2n) is 5.36. The molecule has 88 valence electrons. The van der Waals surface area contributed by atoms with Crippen molar-refractivity contribution >= 4 is 11.6 Å². The quantitative estimate of drug-likeness (QED) is 0.834. The van der Waals surface area contributed by atoms with E-state index in [1.165, 1.54) is 12.0 Å². The van der Waals surface area contributed by atoms with Gasteiger partial charge in [0, 0.05) is 11.1 Å². The number of hydrogen-bond donors (Lipinski definition) is 1. The number of rotatable bonds is 4. The summed E-state index contributed by atoms with van der Waals surface area (Å²) in [5.74, 6) is 0.715. The molecule has 2 unspecified atom stereocenters. The Balaban J connectivity index is 2.24. The summed E-state index contributed by atoms with van der Waals surface area (Å²) in [5, 5.41) is 4.46. The normalized spacial score (nSPS) is 24.1. The van der Waals surface area contributed by atoms with Crippen molar-refractivity contribution in [1.29, 1.82) is 0 Å². The Labute approximate surface area is 103 Å². The zero-order valence-corrected chi connectivity index (χ0v) is 11.0. The van der Waals surface area contributed by atoms with Gasteiger partial charge in [-0.2, -0.15) is 0 Å². The van der Waals surface area contributed by atoms with Gasteiger partial charge in [-0.3, -0.25) is 0 Å². The van der Waals surface area contributed by atoms with Gasteiger partial charge in [-0.05, 0) is 35.9 Å². The van der Waals surface area contributed by atoms with Crippen LogP contribution in [0.1, 0.15) is 38.8 Å². The Bertz CT molecular complexity index is 373. The Morgan fingerprint density at radius 2 is 2.06 bits per heavy atom. The third-order valence-corrected chi connectivity index (χ3v) is 4.00. The first-order valence-electron chi connectivity index (χ1n) is 6.04. The van der Waals surface area contributed by atoms with E-state index < -0.39 is 0 Å². The smallest absolute Gasteiger partial charge is 0.0453 e. The third kappa shape index (κ3) is 2.26. The van der Waals surface area contributed by atoms with E-state index in [0.29, 0.717) is 17.4 Å². The molecule has 0 bridgehead atoms. The van der Waals surface area contributed by atoms with Crippen LogP contribution in [0.25, 0.3) is 0 Å². The maximum absolute atomic E-state index is 6.28. The van der Waals surface area contributed by atoms with Gasteiger partial charge < -0.3 is 5.32 Å². The first-order valence-corrected chi connectivity index (χ1v) is 6.42. The highest BCUT2D eigenvalue weighted by Crippen LogP contribution is 2.58. The molecule has 2 atom stereocenters. The summed E-state index contributed by atoms with van der Waals surface area (Å²) in [5.41, 5.74) is 1.72. The molecule has 0 saturated heterocycles. The summed E-state index contributed by atoms with van der Waals surface area (Å²) in [6.45, 7) is 7.80. The van der Waals surface area contributed by atoms with Crippen molar-refractivity contribution in [2.75, 3.05) is 6.54 Å². The lowest BCUT2D eigenvalue weighted by Gasteiger charge is -2.21. The second kappa shape index (κ2) is 4.38. The predicted octanol–water partition coefficient (Wildman–Crippen LogP) is 4.04. The molecular weight excluding hydrogens is 218 g/mol. The zero-order chi connectivity index (χ0) is 11.8. The van der Waals surface area contributed by atoms with Crippen LogP contribution in [-0.4, -0.2) is 6.54 Å². The summed E-state index contributed by atoms with van der Waals surface area (Å²) < 4.78 is 0. The van der Waals surface area contributed by atoms with Gasteiger partial charge in [0.2, 0.25) is 0 Å². The fraction of sp³-hybridized carbons (Fsp3) is 0.571. The molecule has 1 aliphatic carbocycles. The third-order valence-electron chi connectivity index (χ3n) is 3.66. The first-order chi connectivity index (χ1) is 7.56. The summed E-state index contributed by atoms with van der Waals surface area (Å²) in [6, 6.07) is 8.60. The maximum atomic E-state index is 6.28. The highest BCUT2D eigenvalue weighted by molar-refractivity contribution is 6.31. The molecule has 2 heteroatoms. The Morgan fingerprint density at radius 1 is 1.44 bits per heavy atom. The molecule has 16 heavy (non-hydrogen) atoms. The predicted molar refractivity (Wildman–Crippen MR) is 69.8 cm³/mol. The topological polar surface area (TPSA) is 12.0 Å². The van der Waals surface area contributed by atoms with Gasteiger partial charge in [0.15, 0.2) is 0 Å². The van der Waals surface area contributed by atoms with Gasteiger partial charge in [-0.25, -0.2) is 0 Å². The van der Waals surface area contributed by atoms with E-state index >= 15 is 0 Å². The van der Waals surface area contributed by atoms with Crippen LogP contribution in [0.15, 0.2) is 24.3 Å². The standard InChI is InChI=1S/C14H20ClN/c1-4-16-13(11-9-14(11,2)3)10-7-5-6-8-12(10)15/h5-8,11,13,16H,4,9H2,1-3H3. The van der Waals surface area contributed by atoms with Gasteiger partial charge >= 0.3 is 0 Å². The minimum absolute atomic E-state index is 0.411. The molecule has 0 aromatic heterocycles.